The summed E-state index contributed by atoms with van der Waals surface area (Å²) in [5, 5.41) is 11.3. The maximum atomic E-state index is 13.4. The van der Waals surface area contributed by atoms with Crippen LogP contribution in [0.3, 0.4) is 0 Å². The van der Waals surface area contributed by atoms with Crippen LogP contribution in [0.4, 0.5) is 5.69 Å². The van der Waals surface area contributed by atoms with Gasteiger partial charge in [-0.15, -0.1) is 0 Å². The predicted molar refractivity (Wildman–Crippen MR) is 135 cm³/mol. The number of benzene rings is 3. The van der Waals surface area contributed by atoms with Crippen LogP contribution in [0.5, 0.6) is 17.2 Å². The predicted octanol–water partition coefficient (Wildman–Crippen LogP) is 5.56. The van der Waals surface area contributed by atoms with E-state index < -0.39 is 17.7 Å². The first-order valence-electron chi connectivity index (χ1n) is 11.9. The number of aliphatic hydroxyl groups excluding tert-OH is 1. The molecule has 0 spiro atoms. The molecule has 3 aromatic rings. The largest absolute Gasteiger partial charge is 0.507 e. The summed E-state index contributed by atoms with van der Waals surface area (Å²) >= 11 is 0. The molecule has 3 aromatic carbocycles. The van der Waals surface area contributed by atoms with Gasteiger partial charge in [-0.3, -0.25) is 14.5 Å². The summed E-state index contributed by atoms with van der Waals surface area (Å²) in [7, 11) is 0. The fraction of sp³-hybridized carbons (Fsp3) is 0.241. The van der Waals surface area contributed by atoms with Gasteiger partial charge in [-0.05, 0) is 60.4 Å². The number of hydrogen-bond donors (Lipinski definition) is 1. The third kappa shape index (κ3) is 4.06. The number of Topliss-reactive ketones (excluding diaryl/α,β-unsaturated/α-hetero) is 1. The molecule has 1 fully saturated rings. The normalized spacial score (nSPS) is 18.2. The number of ketones is 1. The van der Waals surface area contributed by atoms with Crippen LogP contribution in [0, 0.1) is 0 Å². The molecule has 2 aliphatic heterocycles. The smallest absolute Gasteiger partial charge is 0.300 e. The minimum Gasteiger partial charge on any atom is -0.507 e. The first kappa shape index (κ1) is 23.5. The van der Waals surface area contributed by atoms with Gasteiger partial charge in [0.15, 0.2) is 11.5 Å². The zero-order valence-electron chi connectivity index (χ0n) is 20.4. The van der Waals surface area contributed by atoms with Crippen molar-refractivity contribution in [3.05, 3.63) is 89.0 Å². The molecular weight excluding hydrogens is 458 g/mol. The molecule has 0 saturated carbocycles. The van der Waals surface area contributed by atoms with Gasteiger partial charge in [0.1, 0.15) is 11.5 Å². The highest BCUT2D eigenvalue weighted by Crippen LogP contribution is 2.45. The van der Waals surface area contributed by atoms with E-state index in [2.05, 4.69) is 13.8 Å². The second-order valence-corrected chi connectivity index (χ2v) is 8.99. The molecule has 1 atom stereocenters. The van der Waals surface area contributed by atoms with E-state index in [0.717, 1.165) is 5.56 Å². The Hall–Kier alpha value is -4.26. The summed E-state index contributed by atoms with van der Waals surface area (Å²) in [5.74, 6) is 0.324. The third-order valence-electron chi connectivity index (χ3n) is 6.44. The number of anilines is 1. The van der Waals surface area contributed by atoms with E-state index in [1.807, 2.05) is 31.2 Å². The highest BCUT2D eigenvalue weighted by atomic mass is 16.7. The number of amides is 1. The van der Waals surface area contributed by atoms with Crippen LogP contribution < -0.4 is 19.1 Å². The maximum absolute atomic E-state index is 13.4. The fourth-order valence-corrected chi connectivity index (χ4v) is 4.54. The number of carbonyl (C=O) groups excluding carboxylic acids is 2. The second-order valence-electron chi connectivity index (χ2n) is 8.99. The van der Waals surface area contributed by atoms with Crippen molar-refractivity contribution in [2.75, 3.05) is 18.3 Å². The molecule has 0 aromatic heterocycles. The number of nitrogens with zero attached hydrogens (tertiary/aromatic N) is 1. The molecule has 1 saturated heterocycles. The molecule has 184 valence electrons. The standard InChI is InChI=1S/C29H27NO6/c1-4-34-22-12-9-20(10-13-22)27(31)25-26(19-7-5-18(6-8-19)17(2)3)30(29(33)28(25)32)21-11-14-23-24(15-21)36-16-35-23/h5-15,17,26,31H,4,16H2,1-3H3/b27-25+. The van der Waals surface area contributed by atoms with Gasteiger partial charge < -0.3 is 19.3 Å². The van der Waals surface area contributed by atoms with Crippen molar-refractivity contribution >= 4 is 23.1 Å². The lowest BCUT2D eigenvalue weighted by molar-refractivity contribution is -0.132. The summed E-state index contributed by atoms with van der Waals surface area (Å²) in [5.41, 5.74) is 2.77. The first-order chi connectivity index (χ1) is 17.4. The van der Waals surface area contributed by atoms with Crippen LogP contribution in [0.2, 0.25) is 0 Å². The zero-order valence-corrected chi connectivity index (χ0v) is 20.4. The molecule has 1 unspecified atom stereocenters. The summed E-state index contributed by atoms with van der Waals surface area (Å²) in [6.07, 6.45) is 0. The number of rotatable bonds is 6. The summed E-state index contributed by atoms with van der Waals surface area (Å²) in [4.78, 5) is 28.2. The Kier molecular flexibility index (Phi) is 6.14. The molecule has 1 N–H and O–H groups in total. The number of hydrogen-bond acceptors (Lipinski definition) is 6. The van der Waals surface area contributed by atoms with Crippen molar-refractivity contribution in [3.63, 3.8) is 0 Å². The van der Waals surface area contributed by atoms with Crippen molar-refractivity contribution in [1.82, 2.24) is 0 Å². The monoisotopic (exact) mass is 485 g/mol. The Morgan fingerprint density at radius 2 is 1.69 bits per heavy atom. The lowest BCUT2D eigenvalue weighted by Crippen LogP contribution is -2.29. The highest BCUT2D eigenvalue weighted by Gasteiger charge is 2.47. The Labute approximate surface area is 209 Å². The van der Waals surface area contributed by atoms with Crippen LogP contribution >= 0.6 is 0 Å². The van der Waals surface area contributed by atoms with Crippen molar-refractivity contribution in [3.8, 4) is 17.2 Å². The number of ether oxygens (including phenoxy) is 3. The van der Waals surface area contributed by atoms with Gasteiger partial charge in [0.05, 0.1) is 18.2 Å². The second kappa shape index (κ2) is 9.41. The van der Waals surface area contributed by atoms with Gasteiger partial charge in [0, 0.05) is 17.3 Å². The van der Waals surface area contributed by atoms with E-state index in [1.165, 1.54) is 4.90 Å². The lowest BCUT2D eigenvalue weighted by Gasteiger charge is -2.26. The number of carbonyl (C=O) groups is 2. The van der Waals surface area contributed by atoms with E-state index >= 15 is 0 Å². The van der Waals surface area contributed by atoms with Crippen LogP contribution in [0.25, 0.3) is 5.76 Å². The van der Waals surface area contributed by atoms with Gasteiger partial charge in [-0.25, -0.2) is 0 Å². The van der Waals surface area contributed by atoms with Crippen LogP contribution in [0.15, 0.2) is 72.3 Å². The molecule has 1 amide bonds. The van der Waals surface area contributed by atoms with Crippen molar-refractivity contribution in [2.45, 2.75) is 32.7 Å². The van der Waals surface area contributed by atoms with Crippen LogP contribution in [-0.2, 0) is 9.59 Å². The summed E-state index contributed by atoms with van der Waals surface area (Å²) in [6, 6.07) is 18.8. The molecular formula is C29H27NO6. The van der Waals surface area contributed by atoms with E-state index in [1.54, 1.807) is 42.5 Å². The minimum absolute atomic E-state index is 0.0270. The van der Waals surface area contributed by atoms with E-state index in [0.29, 0.717) is 46.6 Å². The molecule has 2 aliphatic rings. The molecule has 0 radical (unpaired) electrons. The van der Waals surface area contributed by atoms with E-state index in [-0.39, 0.29) is 18.1 Å². The third-order valence-corrected chi connectivity index (χ3v) is 6.44. The zero-order chi connectivity index (χ0) is 25.4. The van der Waals surface area contributed by atoms with E-state index in [9.17, 15) is 14.7 Å². The topological polar surface area (TPSA) is 85.3 Å². The molecule has 2 heterocycles. The maximum Gasteiger partial charge on any atom is 0.300 e. The summed E-state index contributed by atoms with van der Waals surface area (Å²) in [6.45, 7) is 6.68. The average molecular weight is 486 g/mol. The van der Waals surface area contributed by atoms with Crippen molar-refractivity contribution in [1.29, 1.82) is 0 Å². The lowest BCUT2D eigenvalue weighted by atomic mass is 9.93. The molecule has 5 rings (SSSR count). The molecule has 7 heteroatoms. The van der Waals surface area contributed by atoms with Gasteiger partial charge in [0.2, 0.25) is 6.79 Å². The van der Waals surface area contributed by atoms with Gasteiger partial charge in [-0.1, -0.05) is 38.1 Å². The quantitative estimate of drug-likeness (QED) is 0.279. The van der Waals surface area contributed by atoms with Crippen molar-refractivity contribution in [2.24, 2.45) is 0 Å². The first-order valence-corrected chi connectivity index (χ1v) is 11.9. The average Bonchev–Trinajstić information content (AvgIpc) is 3.46. The Bertz CT molecular complexity index is 1340. The molecule has 7 nitrogen and oxygen atoms in total. The molecule has 36 heavy (non-hydrogen) atoms. The molecule has 0 bridgehead atoms. The van der Waals surface area contributed by atoms with E-state index in [4.69, 9.17) is 14.2 Å². The highest BCUT2D eigenvalue weighted by molar-refractivity contribution is 6.51. The van der Waals surface area contributed by atoms with Crippen LogP contribution in [0.1, 0.15) is 49.4 Å². The Balaban J connectivity index is 1.65. The number of aliphatic hydroxyl groups is 1. The van der Waals surface area contributed by atoms with Crippen LogP contribution in [-0.4, -0.2) is 30.2 Å². The van der Waals surface area contributed by atoms with Crippen molar-refractivity contribution < 1.29 is 28.9 Å². The number of fused-ring (bicyclic) bond motifs is 1. The van der Waals surface area contributed by atoms with Gasteiger partial charge in [-0.2, -0.15) is 0 Å². The Morgan fingerprint density at radius 1 is 1.00 bits per heavy atom. The van der Waals surface area contributed by atoms with Gasteiger partial charge >= 0.3 is 0 Å². The fourth-order valence-electron chi connectivity index (χ4n) is 4.54. The Morgan fingerprint density at radius 3 is 2.36 bits per heavy atom. The molecule has 0 aliphatic carbocycles. The summed E-state index contributed by atoms with van der Waals surface area (Å²) < 4.78 is 16.4. The minimum atomic E-state index is -0.821. The SMILES string of the molecule is CCOc1ccc(/C(O)=C2\C(=O)C(=O)N(c3ccc4c(c3)OCO4)C2c2ccc(C(C)C)cc2)cc1. The van der Waals surface area contributed by atoms with Gasteiger partial charge in [0.25, 0.3) is 11.7 Å².